The molecule has 0 N–H and O–H groups in total. The van der Waals surface area contributed by atoms with Gasteiger partial charge in [0.15, 0.2) is 0 Å². The van der Waals surface area contributed by atoms with E-state index in [4.69, 9.17) is 4.74 Å². The molecule has 0 spiro atoms. The van der Waals surface area contributed by atoms with Gasteiger partial charge < -0.3 is 4.74 Å². The molecule has 4 heteroatoms. The first kappa shape index (κ1) is 9.21. The van der Waals surface area contributed by atoms with Gasteiger partial charge in [-0.3, -0.25) is 0 Å². The maximum absolute atomic E-state index is 5.61. The standard InChI is InChI=1S/C9H13BrN2O/c10-7-8-4-5-12(11-8)9-3-1-2-6-13-9/h4-5,9H,1-3,6-7H2. The number of ether oxygens (including phenoxy) is 1. The van der Waals surface area contributed by atoms with E-state index in [0.717, 1.165) is 24.1 Å². The van der Waals surface area contributed by atoms with Crippen LogP contribution in [0.15, 0.2) is 12.3 Å². The number of alkyl halides is 1. The Morgan fingerprint density at radius 1 is 1.62 bits per heavy atom. The fourth-order valence-electron chi connectivity index (χ4n) is 1.54. The third kappa shape index (κ3) is 2.11. The lowest BCUT2D eigenvalue weighted by atomic mass is 10.2. The highest BCUT2D eigenvalue weighted by atomic mass is 79.9. The number of aromatic nitrogens is 2. The summed E-state index contributed by atoms with van der Waals surface area (Å²) in [6, 6.07) is 2.02. The summed E-state index contributed by atoms with van der Waals surface area (Å²) in [4.78, 5) is 0. The third-order valence-corrected chi connectivity index (χ3v) is 2.83. The van der Waals surface area contributed by atoms with Crippen molar-refractivity contribution in [2.75, 3.05) is 6.61 Å². The van der Waals surface area contributed by atoms with E-state index in [-0.39, 0.29) is 6.23 Å². The van der Waals surface area contributed by atoms with E-state index in [0.29, 0.717) is 0 Å². The molecule has 0 saturated carbocycles. The summed E-state index contributed by atoms with van der Waals surface area (Å²) in [6.45, 7) is 0.869. The normalized spacial score (nSPS) is 23.3. The molecule has 0 radical (unpaired) electrons. The lowest BCUT2D eigenvalue weighted by Crippen LogP contribution is -2.18. The second kappa shape index (κ2) is 4.24. The second-order valence-corrected chi connectivity index (χ2v) is 3.80. The molecule has 0 bridgehead atoms. The predicted octanol–water partition coefficient (Wildman–Crippen LogP) is 2.48. The van der Waals surface area contributed by atoms with Crippen LogP contribution in [-0.2, 0) is 10.1 Å². The fourth-order valence-corrected chi connectivity index (χ4v) is 1.84. The number of hydrogen-bond acceptors (Lipinski definition) is 2. The van der Waals surface area contributed by atoms with Crippen molar-refractivity contribution >= 4 is 15.9 Å². The van der Waals surface area contributed by atoms with Gasteiger partial charge in [0.1, 0.15) is 6.23 Å². The molecule has 13 heavy (non-hydrogen) atoms. The summed E-state index contributed by atoms with van der Waals surface area (Å²) in [7, 11) is 0. The van der Waals surface area contributed by atoms with Crippen LogP contribution in [0, 0.1) is 0 Å². The molecule has 3 nitrogen and oxygen atoms in total. The van der Waals surface area contributed by atoms with Crippen LogP contribution in [0.5, 0.6) is 0 Å². The fraction of sp³-hybridized carbons (Fsp3) is 0.667. The van der Waals surface area contributed by atoms with E-state index < -0.39 is 0 Å². The average Bonchev–Trinajstić information content (AvgIpc) is 2.67. The summed E-state index contributed by atoms with van der Waals surface area (Å²) < 4.78 is 7.53. The minimum absolute atomic E-state index is 0.168. The first-order valence-corrected chi connectivity index (χ1v) is 5.74. The van der Waals surface area contributed by atoms with E-state index in [9.17, 15) is 0 Å². The van der Waals surface area contributed by atoms with Gasteiger partial charge in [0.05, 0.1) is 5.69 Å². The highest BCUT2D eigenvalue weighted by molar-refractivity contribution is 9.08. The molecule has 0 aliphatic carbocycles. The van der Waals surface area contributed by atoms with E-state index >= 15 is 0 Å². The van der Waals surface area contributed by atoms with Gasteiger partial charge in [-0.25, -0.2) is 4.68 Å². The van der Waals surface area contributed by atoms with Gasteiger partial charge in [0.25, 0.3) is 0 Å². The molecule has 1 aromatic rings. The van der Waals surface area contributed by atoms with Crippen molar-refractivity contribution in [3.05, 3.63) is 18.0 Å². The van der Waals surface area contributed by atoms with Crippen LogP contribution >= 0.6 is 15.9 Å². The zero-order chi connectivity index (χ0) is 9.10. The molecule has 1 unspecified atom stereocenters. The van der Waals surface area contributed by atoms with E-state index in [2.05, 4.69) is 21.0 Å². The SMILES string of the molecule is BrCc1ccn(C2CCCCO2)n1. The zero-order valence-corrected chi connectivity index (χ0v) is 9.03. The zero-order valence-electron chi connectivity index (χ0n) is 7.45. The van der Waals surface area contributed by atoms with Crippen molar-refractivity contribution in [1.29, 1.82) is 0 Å². The average molecular weight is 245 g/mol. The van der Waals surface area contributed by atoms with Crippen molar-refractivity contribution in [2.45, 2.75) is 30.8 Å². The lowest BCUT2D eigenvalue weighted by Gasteiger charge is -2.22. The first-order chi connectivity index (χ1) is 6.40. The summed E-state index contributed by atoms with van der Waals surface area (Å²) in [5.74, 6) is 0. The Bertz CT molecular complexity index is 268. The molecular weight excluding hydrogens is 232 g/mol. The minimum Gasteiger partial charge on any atom is -0.357 e. The Balaban J connectivity index is 2.05. The highest BCUT2D eigenvalue weighted by Gasteiger charge is 2.15. The Labute approximate surface area is 86.2 Å². The van der Waals surface area contributed by atoms with Gasteiger partial charge in [0, 0.05) is 18.1 Å². The lowest BCUT2D eigenvalue weighted by molar-refractivity contribution is -0.0396. The maximum Gasteiger partial charge on any atom is 0.150 e. The smallest absolute Gasteiger partial charge is 0.150 e. The van der Waals surface area contributed by atoms with Crippen molar-refractivity contribution in [3.8, 4) is 0 Å². The van der Waals surface area contributed by atoms with Gasteiger partial charge in [0.2, 0.25) is 0 Å². The molecule has 2 heterocycles. The molecule has 1 atom stereocenters. The van der Waals surface area contributed by atoms with E-state index in [1.165, 1.54) is 12.8 Å². The molecule has 1 aromatic heterocycles. The third-order valence-electron chi connectivity index (χ3n) is 2.25. The summed E-state index contributed by atoms with van der Waals surface area (Å²) >= 11 is 3.38. The number of rotatable bonds is 2. The van der Waals surface area contributed by atoms with Crippen LogP contribution in [0.1, 0.15) is 31.2 Å². The van der Waals surface area contributed by atoms with Crippen molar-refractivity contribution in [1.82, 2.24) is 9.78 Å². The Morgan fingerprint density at radius 3 is 3.15 bits per heavy atom. The molecule has 1 fully saturated rings. The van der Waals surface area contributed by atoms with Gasteiger partial charge in [-0.2, -0.15) is 5.10 Å². The van der Waals surface area contributed by atoms with Crippen LogP contribution in [-0.4, -0.2) is 16.4 Å². The summed E-state index contributed by atoms with van der Waals surface area (Å²) in [6.07, 6.45) is 5.68. The number of halogens is 1. The largest absolute Gasteiger partial charge is 0.357 e. The quantitative estimate of drug-likeness (QED) is 0.748. The molecular formula is C9H13BrN2O. The van der Waals surface area contributed by atoms with Crippen LogP contribution in [0.2, 0.25) is 0 Å². The number of hydrogen-bond donors (Lipinski definition) is 0. The molecule has 1 aliphatic rings. The Hall–Kier alpha value is -0.350. The summed E-state index contributed by atoms with van der Waals surface area (Å²) in [5.41, 5.74) is 1.06. The van der Waals surface area contributed by atoms with E-state index in [1.54, 1.807) is 0 Å². The van der Waals surface area contributed by atoms with E-state index in [1.807, 2.05) is 16.9 Å². The first-order valence-electron chi connectivity index (χ1n) is 4.62. The molecule has 0 aromatic carbocycles. The van der Waals surface area contributed by atoms with Crippen LogP contribution in [0.25, 0.3) is 0 Å². The second-order valence-electron chi connectivity index (χ2n) is 3.24. The monoisotopic (exact) mass is 244 g/mol. The Morgan fingerprint density at radius 2 is 2.54 bits per heavy atom. The minimum atomic E-state index is 0.168. The van der Waals surface area contributed by atoms with Gasteiger partial charge in [-0.15, -0.1) is 0 Å². The van der Waals surface area contributed by atoms with Gasteiger partial charge in [-0.1, -0.05) is 15.9 Å². The van der Waals surface area contributed by atoms with Crippen LogP contribution in [0.4, 0.5) is 0 Å². The van der Waals surface area contributed by atoms with Gasteiger partial charge in [-0.05, 0) is 25.3 Å². The number of nitrogens with zero attached hydrogens (tertiary/aromatic N) is 2. The highest BCUT2D eigenvalue weighted by Crippen LogP contribution is 2.21. The predicted molar refractivity (Wildman–Crippen MR) is 53.7 cm³/mol. The molecule has 1 aliphatic heterocycles. The molecule has 1 saturated heterocycles. The van der Waals surface area contributed by atoms with Crippen LogP contribution in [0.3, 0.4) is 0 Å². The molecule has 0 amide bonds. The van der Waals surface area contributed by atoms with Crippen molar-refractivity contribution in [2.24, 2.45) is 0 Å². The Kier molecular flexibility index (Phi) is 3.01. The maximum atomic E-state index is 5.61. The molecule has 2 rings (SSSR count). The van der Waals surface area contributed by atoms with Crippen LogP contribution < -0.4 is 0 Å². The van der Waals surface area contributed by atoms with Crippen molar-refractivity contribution in [3.63, 3.8) is 0 Å². The summed E-state index contributed by atoms with van der Waals surface area (Å²) in [5, 5.41) is 5.21. The molecule has 72 valence electrons. The van der Waals surface area contributed by atoms with Crippen molar-refractivity contribution < 1.29 is 4.74 Å². The topological polar surface area (TPSA) is 27.1 Å². The van der Waals surface area contributed by atoms with Gasteiger partial charge >= 0.3 is 0 Å².